The Balaban J connectivity index is 2.35. The molecule has 0 spiro atoms. The van der Waals surface area contributed by atoms with Crippen molar-refractivity contribution in [3.8, 4) is 16.9 Å². The van der Waals surface area contributed by atoms with E-state index in [4.69, 9.17) is 4.74 Å². The molecule has 2 N–H and O–H groups in total. The fraction of sp³-hybridized carbons (Fsp3) is 0.381. The highest BCUT2D eigenvalue weighted by Gasteiger charge is 2.16. The minimum absolute atomic E-state index is 0.321. The molecule has 2 aromatic rings. The van der Waals surface area contributed by atoms with Gasteiger partial charge in [-0.25, -0.2) is 4.79 Å². The Kier molecular flexibility index (Phi) is 5.53. The highest BCUT2D eigenvalue weighted by atomic mass is 16.5. The van der Waals surface area contributed by atoms with Gasteiger partial charge in [-0.3, -0.25) is 0 Å². The minimum atomic E-state index is -0.916. The van der Waals surface area contributed by atoms with Gasteiger partial charge in [0.2, 0.25) is 0 Å². The predicted octanol–water partition coefficient (Wildman–Crippen LogP) is 4.52. The molecule has 0 aliphatic heterocycles. The number of aliphatic hydroxyl groups is 1. The van der Waals surface area contributed by atoms with Crippen molar-refractivity contribution in [2.24, 2.45) is 0 Å². The van der Waals surface area contributed by atoms with Crippen LogP contribution >= 0.6 is 0 Å². The largest absolute Gasteiger partial charge is 0.493 e. The zero-order chi connectivity index (χ0) is 18.8. The average Bonchev–Trinajstić information content (AvgIpc) is 2.46. The van der Waals surface area contributed by atoms with Gasteiger partial charge in [0.15, 0.2) is 0 Å². The van der Waals surface area contributed by atoms with Crippen LogP contribution in [0.2, 0.25) is 0 Å². The van der Waals surface area contributed by atoms with Crippen molar-refractivity contribution in [2.45, 2.75) is 46.6 Å². The maximum absolute atomic E-state index is 11.4. The second kappa shape index (κ2) is 7.28. The molecule has 0 bridgehead atoms. The monoisotopic (exact) mass is 342 g/mol. The highest BCUT2D eigenvalue weighted by Crippen LogP contribution is 2.34. The van der Waals surface area contributed by atoms with Crippen LogP contribution in [0, 0.1) is 20.8 Å². The van der Waals surface area contributed by atoms with Crippen LogP contribution in [0.1, 0.15) is 47.3 Å². The number of rotatable bonds is 6. The van der Waals surface area contributed by atoms with E-state index in [1.165, 1.54) is 0 Å². The second-order valence-electron chi connectivity index (χ2n) is 7.13. The Morgan fingerprint density at radius 1 is 1.12 bits per heavy atom. The fourth-order valence-electron chi connectivity index (χ4n) is 2.99. The molecule has 0 aliphatic rings. The summed E-state index contributed by atoms with van der Waals surface area (Å²) >= 11 is 0. The molecule has 4 nitrogen and oxygen atoms in total. The maximum Gasteiger partial charge on any atom is 0.335 e. The first-order valence-corrected chi connectivity index (χ1v) is 8.40. The molecule has 2 aromatic carbocycles. The van der Waals surface area contributed by atoms with E-state index in [1.807, 2.05) is 39.0 Å². The van der Waals surface area contributed by atoms with E-state index in [0.29, 0.717) is 18.6 Å². The van der Waals surface area contributed by atoms with Crippen LogP contribution in [0.4, 0.5) is 0 Å². The SMILES string of the molecule is Cc1cc(OCCC(C)(C)O)cc(C)c1-c1cccc(C(=O)O)c1C. The molecule has 0 heterocycles. The number of hydrogen-bond acceptors (Lipinski definition) is 3. The first kappa shape index (κ1) is 19.0. The molecule has 0 aliphatic carbocycles. The summed E-state index contributed by atoms with van der Waals surface area (Å²) in [6, 6.07) is 9.27. The first-order chi connectivity index (χ1) is 11.6. The minimum Gasteiger partial charge on any atom is -0.493 e. The lowest BCUT2D eigenvalue weighted by atomic mass is 9.90. The summed E-state index contributed by atoms with van der Waals surface area (Å²) in [6.07, 6.45) is 0.548. The Morgan fingerprint density at radius 2 is 1.72 bits per heavy atom. The van der Waals surface area contributed by atoms with Crippen LogP contribution in [-0.4, -0.2) is 28.4 Å². The standard InChI is InChI=1S/C21H26O4/c1-13-11-16(25-10-9-21(4,5)24)12-14(2)19(13)17-7-6-8-18(15(17)3)20(22)23/h6-8,11-12,24H,9-10H2,1-5H3,(H,22,23). The molecule has 0 radical (unpaired) electrons. The predicted molar refractivity (Wildman–Crippen MR) is 99.5 cm³/mol. The molecule has 0 amide bonds. The Bertz CT molecular complexity index is 762. The number of carboxylic acid groups (broad SMARTS) is 1. The van der Waals surface area contributed by atoms with Gasteiger partial charge in [0.05, 0.1) is 17.8 Å². The van der Waals surface area contributed by atoms with Crippen LogP contribution in [0.3, 0.4) is 0 Å². The van der Waals surface area contributed by atoms with Gasteiger partial charge in [-0.05, 0) is 80.6 Å². The average molecular weight is 342 g/mol. The van der Waals surface area contributed by atoms with Crippen molar-refractivity contribution < 1.29 is 19.7 Å². The van der Waals surface area contributed by atoms with Crippen molar-refractivity contribution in [1.29, 1.82) is 0 Å². The zero-order valence-electron chi connectivity index (χ0n) is 15.5. The van der Waals surface area contributed by atoms with Gasteiger partial charge < -0.3 is 14.9 Å². The molecule has 0 fully saturated rings. The number of hydrogen-bond donors (Lipinski definition) is 2. The number of carbonyl (C=O) groups is 1. The summed E-state index contributed by atoms with van der Waals surface area (Å²) in [5, 5.41) is 19.1. The zero-order valence-corrected chi connectivity index (χ0v) is 15.5. The quantitative estimate of drug-likeness (QED) is 0.810. The highest BCUT2D eigenvalue weighted by molar-refractivity contribution is 5.92. The number of ether oxygens (including phenoxy) is 1. The number of benzene rings is 2. The van der Waals surface area contributed by atoms with Crippen LogP contribution in [0.15, 0.2) is 30.3 Å². The molecule has 0 atom stereocenters. The van der Waals surface area contributed by atoms with Crippen LogP contribution < -0.4 is 4.74 Å². The van der Waals surface area contributed by atoms with E-state index < -0.39 is 11.6 Å². The molecule has 0 saturated carbocycles. The molecular formula is C21H26O4. The molecule has 0 aromatic heterocycles. The summed E-state index contributed by atoms with van der Waals surface area (Å²) in [5.74, 6) is -0.156. The summed E-state index contributed by atoms with van der Waals surface area (Å²) in [6.45, 7) is 9.79. The van der Waals surface area contributed by atoms with Crippen molar-refractivity contribution >= 4 is 5.97 Å². The molecule has 4 heteroatoms. The Hall–Kier alpha value is -2.33. The van der Waals surface area contributed by atoms with Gasteiger partial charge in [0.1, 0.15) is 5.75 Å². The molecule has 2 rings (SSSR count). The van der Waals surface area contributed by atoms with Gasteiger partial charge >= 0.3 is 5.97 Å². The number of carboxylic acids is 1. The number of aromatic carboxylic acids is 1. The Labute approximate surface area is 149 Å². The first-order valence-electron chi connectivity index (χ1n) is 8.40. The molecular weight excluding hydrogens is 316 g/mol. The van der Waals surface area contributed by atoms with E-state index in [-0.39, 0.29) is 0 Å². The van der Waals surface area contributed by atoms with Gasteiger partial charge in [-0.15, -0.1) is 0 Å². The third kappa shape index (κ3) is 4.60. The normalized spacial score (nSPS) is 11.4. The number of aryl methyl sites for hydroxylation is 2. The summed E-state index contributed by atoms with van der Waals surface area (Å²) in [7, 11) is 0. The third-order valence-corrected chi connectivity index (χ3v) is 4.32. The lowest BCUT2D eigenvalue weighted by Gasteiger charge is -2.19. The second-order valence-corrected chi connectivity index (χ2v) is 7.13. The van der Waals surface area contributed by atoms with Gasteiger partial charge in [0.25, 0.3) is 0 Å². The van der Waals surface area contributed by atoms with Crippen molar-refractivity contribution in [3.63, 3.8) is 0 Å². The smallest absolute Gasteiger partial charge is 0.335 e. The maximum atomic E-state index is 11.4. The van der Waals surface area contributed by atoms with Gasteiger partial charge in [-0.1, -0.05) is 12.1 Å². The molecule has 0 saturated heterocycles. The lowest BCUT2D eigenvalue weighted by molar-refractivity contribution is 0.0553. The van der Waals surface area contributed by atoms with Gasteiger partial charge in [0, 0.05) is 6.42 Å². The van der Waals surface area contributed by atoms with E-state index in [1.54, 1.807) is 26.0 Å². The molecule has 0 unspecified atom stereocenters. The van der Waals surface area contributed by atoms with Crippen molar-refractivity contribution in [3.05, 3.63) is 52.6 Å². The fourth-order valence-corrected chi connectivity index (χ4v) is 2.99. The topological polar surface area (TPSA) is 66.8 Å². The van der Waals surface area contributed by atoms with Crippen molar-refractivity contribution in [1.82, 2.24) is 0 Å². The molecule has 25 heavy (non-hydrogen) atoms. The third-order valence-electron chi connectivity index (χ3n) is 4.32. The van der Waals surface area contributed by atoms with Crippen LogP contribution in [0.5, 0.6) is 5.75 Å². The van der Waals surface area contributed by atoms with E-state index >= 15 is 0 Å². The van der Waals surface area contributed by atoms with Crippen LogP contribution in [-0.2, 0) is 0 Å². The Morgan fingerprint density at radius 3 is 2.24 bits per heavy atom. The van der Waals surface area contributed by atoms with E-state index in [0.717, 1.165) is 33.6 Å². The van der Waals surface area contributed by atoms with Gasteiger partial charge in [-0.2, -0.15) is 0 Å². The van der Waals surface area contributed by atoms with Crippen LogP contribution in [0.25, 0.3) is 11.1 Å². The lowest BCUT2D eigenvalue weighted by Crippen LogP contribution is -2.21. The van der Waals surface area contributed by atoms with Crippen molar-refractivity contribution in [2.75, 3.05) is 6.61 Å². The molecule has 134 valence electrons. The summed E-state index contributed by atoms with van der Waals surface area (Å²) in [5.41, 5.74) is 4.36. The summed E-state index contributed by atoms with van der Waals surface area (Å²) < 4.78 is 5.77. The van der Waals surface area contributed by atoms with E-state index in [9.17, 15) is 15.0 Å². The van der Waals surface area contributed by atoms with E-state index in [2.05, 4.69) is 0 Å². The summed E-state index contributed by atoms with van der Waals surface area (Å²) in [4.78, 5) is 11.4.